The van der Waals surface area contributed by atoms with E-state index < -0.39 is 11.0 Å². The molecule has 192 valence electrons. The van der Waals surface area contributed by atoms with Crippen molar-refractivity contribution in [3.8, 4) is 23.3 Å². The van der Waals surface area contributed by atoms with Crippen LogP contribution in [-0.2, 0) is 17.4 Å². The van der Waals surface area contributed by atoms with E-state index in [1.807, 2.05) is 36.4 Å². The Labute approximate surface area is 219 Å². The van der Waals surface area contributed by atoms with Gasteiger partial charge in [0.1, 0.15) is 36.0 Å². The summed E-state index contributed by atoms with van der Waals surface area (Å²) in [5.41, 5.74) is 2.53. The molecule has 3 aromatic rings. The summed E-state index contributed by atoms with van der Waals surface area (Å²) in [4.78, 5) is 7.77. The monoisotopic (exact) mass is 518 g/mol. The van der Waals surface area contributed by atoms with E-state index >= 15 is 0 Å². The van der Waals surface area contributed by atoms with Crippen LogP contribution in [-0.4, -0.2) is 59.1 Å². The average Bonchev–Trinajstić information content (AvgIpc) is 3.18. The summed E-state index contributed by atoms with van der Waals surface area (Å²) < 4.78 is 33.2. The number of hydrogen-bond donors (Lipinski definition) is 1. The van der Waals surface area contributed by atoms with Crippen molar-refractivity contribution in [3.63, 3.8) is 0 Å². The summed E-state index contributed by atoms with van der Waals surface area (Å²) in [6, 6.07) is 14.8. The number of benzene rings is 2. The van der Waals surface area contributed by atoms with Gasteiger partial charge >= 0.3 is 0 Å². The van der Waals surface area contributed by atoms with Gasteiger partial charge in [-0.2, -0.15) is 5.26 Å². The third kappa shape index (κ3) is 4.77. The molecule has 0 aliphatic carbocycles. The quantitative estimate of drug-likeness (QED) is 0.509. The van der Waals surface area contributed by atoms with Crippen LogP contribution >= 0.6 is 0 Å². The molecule has 4 heterocycles. The van der Waals surface area contributed by atoms with Crippen LogP contribution in [0.1, 0.15) is 36.8 Å². The predicted octanol–water partition coefficient (Wildman–Crippen LogP) is 3.74. The summed E-state index contributed by atoms with van der Waals surface area (Å²) >= 11 is 0. The smallest absolute Gasteiger partial charge is 0.162 e. The van der Waals surface area contributed by atoms with Crippen molar-refractivity contribution >= 4 is 21.9 Å². The van der Waals surface area contributed by atoms with Gasteiger partial charge in [0.05, 0.1) is 23.1 Å². The first-order valence-electron chi connectivity index (χ1n) is 12.8. The summed E-state index contributed by atoms with van der Waals surface area (Å²) in [7, 11) is 0.344. The van der Waals surface area contributed by atoms with Crippen LogP contribution in [0.4, 0.5) is 0 Å². The molecule has 6 rings (SSSR count). The Morgan fingerprint density at radius 2 is 1.92 bits per heavy atom. The predicted molar refractivity (Wildman–Crippen MR) is 140 cm³/mol. The third-order valence-electron chi connectivity index (χ3n) is 7.81. The van der Waals surface area contributed by atoms with Crippen molar-refractivity contribution in [2.75, 3.05) is 26.9 Å². The highest BCUT2D eigenvalue weighted by molar-refractivity contribution is 7.83. The molecule has 8 nitrogen and oxygen atoms in total. The lowest BCUT2D eigenvalue weighted by Gasteiger charge is -2.39. The highest BCUT2D eigenvalue weighted by Gasteiger charge is 2.40. The standard InChI is InChI=1S/C28H30N4O4S/c1-34-22-4-6-26-25(14-22)24(18(16-29)17-30-26)8-9-32-20-2-3-21(32)13-19(12-20)31-37(33)23-5-7-27-28(15-23)36-11-10-35-27/h4-7,14-15,17,19-21,31H,2-3,8-13H2,1H3. The van der Waals surface area contributed by atoms with Gasteiger partial charge in [0, 0.05) is 42.3 Å². The maximum absolute atomic E-state index is 13.1. The second-order valence-corrected chi connectivity index (χ2v) is 11.1. The van der Waals surface area contributed by atoms with E-state index in [0.717, 1.165) is 60.9 Å². The Balaban J connectivity index is 1.13. The number of pyridine rings is 1. The number of rotatable bonds is 7. The molecule has 0 saturated carbocycles. The maximum atomic E-state index is 13.1. The minimum absolute atomic E-state index is 0.198. The Bertz CT molecular complexity index is 1380. The van der Waals surface area contributed by atoms with E-state index in [0.29, 0.717) is 47.3 Å². The number of nitrogens with zero attached hydrogens (tertiary/aromatic N) is 3. The fraction of sp³-hybridized carbons (Fsp3) is 0.429. The van der Waals surface area contributed by atoms with Gasteiger partial charge in [-0.25, -0.2) is 8.93 Å². The first-order chi connectivity index (χ1) is 18.1. The van der Waals surface area contributed by atoms with Gasteiger partial charge in [0.15, 0.2) is 11.5 Å². The Kier molecular flexibility index (Phi) is 6.72. The van der Waals surface area contributed by atoms with Crippen molar-refractivity contribution in [2.24, 2.45) is 0 Å². The van der Waals surface area contributed by atoms with E-state index in [1.54, 1.807) is 13.3 Å². The molecular formula is C28H30N4O4S. The molecule has 3 aliphatic rings. The zero-order valence-electron chi connectivity index (χ0n) is 20.8. The molecule has 0 spiro atoms. The molecule has 3 unspecified atom stereocenters. The first-order valence-corrected chi connectivity index (χ1v) is 14.0. The molecular weight excluding hydrogens is 488 g/mol. The molecule has 1 N–H and O–H groups in total. The number of piperidine rings is 1. The Hall–Kier alpha value is -3.19. The zero-order valence-corrected chi connectivity index (χ0v) is 21.6. The molecule has 9 heteroatoms. The van der Waals surface area contributed by atoms with Crippen molar-refractivity contribution < 1.29 is 18.4 Å². The lowest BCUT2D eigenvalue weighted by atomic mass is 9.96. The Morgan fingerprint density at radius 3 is 2.68 bits per heavy atom. The van der Waals surface area contributed by atoms with Crippen molar-refractivity contribution in [2.45, 2.75) is 55.1 Å². The molecule has 3 atom stereocenters. The topological polar surface area (TPSA) is 96.7 Å². The molecule has 1 aromatic heterocycles. The minimum Gasteiger partial charge on any atom is -0.497 e. The fourth-order valence-electron chi connectivity index (χ4n) is 6.05. The van der Waals surface area contributed by atoms with Crippen LogP contribution in [0, 0.1) is 11.3 Å². The number of aromatic nitrogens is 1. The summed E-state index contributed by atoms with van der Waals surface area (Å²) in [6.07, 6.45) is 6.68. The van der Waals surface area contributed by atoms with Gasteiger partial charge in [-0.15, -0.1) is 0 Å². The second kappa shape index (κ2) is 10.3. The molecule has 2 saturated heterocycles. The van der Waals surface area contributed by atoms with E-state index in [4.69, 9.17) is 14.2 Å². The zero-order chi connectivity index (χ0) is 25.4. The molecule has 0 amide bonds. The van der Waals surface area contributed by atoms with Crippen LogP contribution in [0.3, 0.4) is 0 Å². The van der Waals surface area contributed by atoms with Crippen LogP contribution in [0.2, 0.25) is 0 Å². The van der Waals surface area contributed by atoms with Crippen LogP contribution in [0.15, 0.2) is 47.5 Å². The number of ether oxygens (including phenoxy) is 3. The molecule has 37 heavy (non-hydrogen) atoms. The molecule has 0 radical (unpaired) electrons. The number of hydrogen-bond acceptors (Lipinski definition) is 7. The molecule has 3 aliphatic heterocycles. The van der Waals surface area contributed by atoms with Gasteiger partial charge < -0.3 is 14.2 Å². The Morgan fingerprint density at radius 1 is 1.14 bits per heavy atom. The minimum atomic E-state index is -1.31. The second-order valence-electron chi connectivity index (χ2n) is 9.88. The fourth-order valence-corrected chi connectivity index (χ4v) is 7.09. The van der Waals surface area contributed by atoms with Gasteiger partial charge in [0.25, 0.3) is 0 Å². The lowest BCUT2D eigenvalue weighted by Crippen LogP contribution is -2.49. The summed E-state index contributed by atoms with van der Waals surface area (Å²) in [5.74, 6) is 2.13. The summed E-state index contributed by atoms with van der Waals surface area (Å²) in [6.45, 7) is 1.94. The largest absolute Gasteiger partial charge is 0.497 e. The highest BCUT2D eigenvalue weighted by Crippen LogP contribution is 2.37. The van der Waals surface area contributed by atoms with Gasteiger partial charge in [-0.1, -0.05) is 0 Å². The highest BCUT2D eigenvalue weighted by atomic mass is 32.2. The van der Waals surface area contributed by atoms with Crippen LogP contribution < -0.4 is 18.9 Å². The summed E-state index contributed by atoms with van der Waals surface area (Å²) in [5, 5.41) is 10.7. The number of nitrogens with one attached hydrogen (secondary N) is 1. The number of nitriles is 1. The lowest BCUT2D eigenvalue weighted by molar-refractivity contribution is 0.125. The number of methoxy groups -OCH3 is 1. The normalized spacial score (nSPS) is 23.5. The first kappa shape index (κ1) is 24.2. The molecule has 2 aromatic carbocycles. The van der Waals surface area contributed by atoms with E-state index in [1.165, 1.54) is 0 Å². The van der Waals surface area contributed by atoms with E-state index in [2.05, 4.69) is 20.7 Å². The van der Waals surface area contributed by atoms with Gasteiger partial charge in [0.2, 0.25) is 0 Å². The van der Waals surface area contributed by atoms with Gasteiger partial charge in [-0.05, 0) is 68.0 Å². The van der Waals surface area contributed by atoms with Crippen LogP contribution in [0.5, 0.6) is 17.2 Å². The maximum Gasteiger partial charge on any atom is 0.162 e. The van der Waals surface area contributed by atoms with Crippen molar-refractivity contribution in [1.29, 1.82) is 5.26 Å². The third-order valence-corrected chi connectivity index (χ3v) is 9.04. The average molecular weight is 519 g/mol. The van der Waals surface area contributed by atoms with Gasteiger partial charge in [-0.3, -0.25) is 9.88 Å². The van der Waals surface area contributed by atoms with E-state index in [-0.39, 0.29) is 6.04 Å². The SMILES string of the molecule is COc1ccc2ncc(C#N)c(CCN3C4CCC3CC(NS(=O)c3ccc5c(c3)OCCO5)C4)c2c1. The van der Waals surface area contributed by atoms with Crippen molar-refractivity contribution in [1.82, 2.24) is 14.6 Å². The number of fused-ring (bicyclic) bond motifs is 4. The van der Waals surface area contributed by atoms with Crippen LogP contribution in [0.25, 0.3) is 10.9 Å². The molecule has 2 fully saturated rings. The van der Waals surface area contributed by atoms with Crippen molar-refractivity contribution in [3.05, 3.63) is 53.7 Å². The molecule has 2 bridgehead atoms. The van der Waals surface area contributed by atoms with E-state index in [9.17, 15) is 9.47 Å².